The average molecular weight is 387 g/mol. The van der Waals surface area contributed by atoms with Crippen LogP contribution < -0.4 is 4.74 Å². The Kier molecular flexibility index (Phi) is 5.59. The van der Waals surface area contributed by atoms with E-state index in [0.717, 1.165) is 35.4 Å². The molecule has 3 aromatic rings. The van der Waals surface area contributed by atoms with Crippen molar-refractivity contribution in [1.29, 1.82) is 0 Å². The van der Waals surface area contributed by atoms with E-state index >= 15 is 0 Å². The van der Waals surface area contributed by atoms with Crippen LogP contribution in [0.4, 0.5) is 0 Å². The number of halogens is 1. The number of aromatic amines is 1. The highest BCUT2D eigenvalue weighted by Crippen LogP contribution is 2.30. The van der Waals surface area contributed by atoms with Crippen molar-refractivity contribution in [3.8, 4) is 16.9 Å². The van der Waals surface area contributed by atoms with Gasteiger partial charge in [0.2, 0.25) is 0 Å². The van der Waals surface area contributed by atoms with Crippen LogP contribution in [-0.4, -0.2) is 36.1 Å². The lowest BCUT2D eigenvalue weighted by atomic mass is 10.0. The second-order valence-corrected chi connectivity index (χ2v) is 6.65. The highest BCUT2D eigenvalue weighted by Gasteiger charge is 2.06. The summed E-state index contributed by atoms with van der Waals surface area (Å²) < 4.78 is 7.03. The Balaban J connectivity index is 1.75. The molecule has 24 heavy (non-hydrogen) atoms. The van der Waals surface area contributed by atoms with Gasteiger partial charge >= 0.3 is 0 Å². The fourth-order valence-electron chi connectivity index (χ4n) is 2.86. The Labute approximate surface area is 151 Å². The van der Waals surface area contributed by atoms with E-state index in [1.807, 2.05) is 12.3 Å². The highest BCUT2D eigenvalue weighted by atomic mass is 79.9. The third kappa shape index (κ3) is 3.82. The zero-order valence-electron chi connectivity index (χ0n) is 14.2. The molecule has 0 bridgehead atoms. The molecule has 126 valence electrons. The SMILES string of the molecule is CCN(CC)CCOc1cccc(-c2ccc3[nH]cc(Br)c3c2)c1. The van der Waals surface area contributed by atoms with Crippen molar-refractivity contribution >= 4 is 26.8 Å². The van der Waals surface area contributed by atoms with Gasteiger partial charge in [-0.1, -0.05) is 32.0 Å². The fourth-order valence-corrected chi connectivity index (χ4v) is 3.31. The lowest BCUT2D eigenvalue weighted by Gasteiger charge is -2.18. The molecule has 0 aliphatic rings. The molecule has 0 saturated heterocycles. The van der Waals surface area contributed by atoms with Gasteiger partial charge in [-0.25, -0.2) is 0 Å². The van der Waals surface area contributed by atoms with E-state index in [9.17, 15) is 0 Å². The first kappa shape index (κ1) is 17.1. The van der Waals surface area contributed by atoms with Crippen LogP contribution in [0.15, 0.2) is 53.1 Å². The standard InChI is InChI=1S/C20H23BrN2O/c1-3-23(4-2)10-11-24-17-7-5-6-15(12-17)16-8-9-20-18(13-16)19(21)14-22-20/h5-9,12-14,22H,3-4,10-11H2,1-2H3. The molecule has 4 heteroatoms. The van der Waals surface area contributed by atoms with Crippen LogP contribution in [0.2, 0.25) is 0 Å². The van der Waals surface area contributed by atoms with Crippen molar-refractivity contribution in [1.82, 2.24) is 9.88 Å². The van der Waals surface area contributed by atoms with Crippen molar-refractivity contribution in [3.63, 3.8) is 0 Å². The van der Waals surface area contributed by atoms with E-state index in [-0.39, 0.29) is 0 Å². The number of benzene rings is 2. The molecule has 0 atom stereocenters. The maximum absolute atomic E-state index is 5.94. The number of rotatable bonds is 7. The lowest BCUT2D eigenvalue weighted by Crippen LogP contribution is -2.27. The zero-order chi connectivity index (χ0) is 16.9. The fraction of sp³-hybridized carbons (Fsp3) is 0.300. The number of H-pyrrole nitrogens is 1. The molecule has 1 heterocycles. The van der Waals surface area contributed by atoms with Crippen LogP contribution >= 0.6 is 15.9 Å². The Bertz CT molecular complexity index is 808. The van der Waals surface area contributed by atoms with E-state index in [0.29, 0.717) is 6.61 Å². The van der Waals surface area contributed by atoms with Crippen molar-refractivity contribution < 1.29 is 4.74 Å². The summed E-state index contributed by atoms with van der Waals surface area (Å²) in [6.07, 6.45) is 1.97. The number of fused-ring (bicyclic) bond motifs is 1. The normalized spacial score (nSPS) is 11.3. The van der Waals surface area contributed by atoms with E-state index in [4.69, 9.17) is 4.74 Å². The van der Waals surface area contributed by atoms with Crippen molar-refractivity contribution in [2.24, 2.45) is 0 Å². The summed E-state index contributed by atoms with van der Waals surface area (Å²) in [7, 11) is 0. The monoisotopic (exact) mass is 386 g/mol. The molecule has 1 aromatic heterocycles. The van der Waals surface area contributed by atoms with Crippen molar-refractivity contribution in [2.75, 3.05) is 26.2 Å². The summed E-state index contributed by atoms with van der Waals surface area (Å²) in [6.45, 7) is 8.16. The third-order valence-corrected chi connectivity index (χ3v) is 5.03. The van der Waals surface area contributed by atoms with E-state index in [2.05, 4.69) is 76.1 Å². The molecule has 0 aliphatic carbocycles. The largest absolute Gasteiger partial charge is 0.492 e. The number of nitrogens with zero attached hydrogens (tertiary/aromatic N) is 1. The zero-order valence-corrected chi connectivity index (χ0v) is 15.8. The van der Waals surface area contributed by atoms with Crippen molar-refractivity contribution in [3.05, 3.63) is 53.1 Å². The van der Waals surface area contributed by atoms with Gasteiger partial charge in [-0.05, 0) is 64.4 Å². The molecule has 0 aliphatic heterocycles. The molecule has 0 unspecified atom stereocenters. The number of nitrogens with one attached hydrogen (secondary N) is 1. The topological polar surface area (TPSA) is 28.3 Å². The van der Waals surface area contributed by atoms with Gasteiger partial charge in [0, 0.05) is 28.1 Å². The van der Waals surface area contributed by atoms with Crippen LogP contribution in [-0.2, 0) is 0 Å². The molecular formula is C20H23BrN2O. The van der Waals surface area contributed by atoms with Crippen molar-refractivity contribution in [2.45, 2.75) is 13.8 Å². The summed E-state index contributed by atoms with van der Waals surface area (Å²) in [4.78, 5) is 5.61. The molecule has 0 radical (unpaired) electrons. The summed E-state index contributed by atoms with van der Waals surface area (Å²) in [6, 6.07) is 14.8. The minimum atomic E-state index is 0.716. The quantitative estimate of drug-likeness (QED) is 0.595. The first-order valence-electron chi connectivity index (χ1n) is 8.43. The highest BCUT2D eigenvalue weighted by molar-refractivity contribution is 9.10. The van der Waals surface area contributed by atoms with E-state index < -0.39 is 0 Å². The van der Waals surface area contributed by atoms with Crippen LogP contribution in [0.25, 0.3) is 22.0 Å². The van der Waals surface area contributed by atoms with Gasteiger partial charge in [-0.2, -0.15) is 0 Å². The molecule has 3 rings (SSSR count). The summed E-state index contributed by atoms with van der Waals surface area (Å²) in [5.74, 6) is 0.924. The van der Waals surface area contributed by atoms with Gasteiger partial charge in [0.1, 0.15) is 12.4 Å². The van der Waals surface area contributed by atoms with Crippen LogP contribution in [0.3, 0.4) is 0 Å². The Morgan fingerprint density at radius 3 is 2.62 bits per heavy atom. The van der Waals surface area contributed by atoms with E-state index in [1.54, 1.807) is 0 Å². The van der Waals surface area contributed by atoms with Gasteiger partial charge in [-0.15, -0.1) is 0 Å². The second-order valence-electron chi connectivity index (χ2n) is 5.80. The number of likely N-dealkylation sites (N-methyl/N-ethyl adjacent to an activating group) is 1. The first-order chi connectivity index (χ1) is 11.7. The molecule has 2 aromatic carbocycles. The molecule has 0 spiro atoms. The van der Waals surface area contributed by atoms with Gasteiger partial charge in [0.15, 0.2) is 0 Å². The Hall–Kier alpha value is -1.78. The van der Waals surface area contributed by atoms with Crippen LogP contribution in [0.1, 0.15) is 13.8 Å². The minimum Gasteiger partial charge on any atom is -0.492 e. The van der Waals surface area contributed by atoms with Gasteiger partial charge in [0.25, 0.3) is 0 Å². The summed E-state index contributed by atoms with van der Waals surface area (Å²) in [5.41, 5.74) is 3.50. The molecule has 0 saturated carbocycles. The maximum atomic E-state index is 5.94. The molecule has 0 fully saturated rings. The Morgan fingerprint density at radius 1 is 1.04 bits per heavy atom. The number of hydrogen-bond acceptors (Lipinski definition) is 2. The lowest BCUT2D eigenvalue weighted by molar-refractivity contribution is 0.223. The average Bonchev–Trinajstić information content (AvgIpc) is 2.99. The molecule has 0 amide bonds. The van der Waals surface area contributed by atoms with Gasteiger partial charge in [-0.3, -0.25) is 0 Å². The second kappa shape index (κ2) is 7.86. The third-order valence-electron chi connectivity index (χ3n) is 4.37. The van der Waals surface area contributed by atoms with Crippen LogP contribution in [0, 0.1) is 0 Å². The van der Waals surface area contributed by atoms with Crippen LogP contribution in [0.5, 0.6) is 5.75 Å². The minimum absolute atomic E-state index is 0.716. The smallest absolute Gasteiger partial charge is 0.119 e. The predicted molar refractivity (Wildman–Crippen MR) is 105 cm³/mol. The van der Waals surface area contributed by atoms with Gasteiger partial charge < -0.3 is 14.6 Å². The summed E-state index contributed by atoms with van der Waals surface area (Å²) in [5, 5.41) is 1.19. The maximum Gasteiger partial charge on any atom is 0.119 e. The van der Waals surface area contributed by atoms with Gasteiger partial charge in [0.05, 0.1) is 0 Å². The Morgan fingerprint density at radius 2 is 1.83 bits per heavy atom. The molecular weight excluding hydrogens is 364 g/mol. The van der Waals surface area contributed by atoms with E-state index in [1.165, 1.54) is 16.5 Å². The predicted octanol–water partition coefficient (Wildman–Crippen LogP) is 5.32. The number of hydrogen-bond donors (Lipinski definition) is 1. The molecule has 3 nitrogen and oxygen atoms in total. The first-order valence-corrected chi connectivity index (χ1v) is 9.22. The number of aromatic nitrogens is 1. The number of ether oxygens (including phenoxy) is 1. The summed E-state index contributed by atoms with van der Waals surface area (Å²) >= 11 is 3.59. The molecule has 1 N–H and O–H groups in total.